The predicted molar refractivity (Wildman–Crippen MR) is 65.3 cm³/mol. The summed E-state index contributed by atoms with van der Waals surface area (Å²) in [5.41, 5.74) is 2.00. The summed E-state index contributed by atoms with van der Waals surface area (Å²) in [6.45, 7) is 11.4. The minimum atomic E-state index is 0.0211. The van der Waals surface area contributed by atoms with Gasteiger partial charge in [0.2, 0.25) is 5.91 Å². The molecular formula is C13H21NO. The van der Waals surface area contributed by atoms with Crippen LogP contribution in [0.1, 0.15) is 34.1 Å². The number of hydrogen-bond acceptors (Lipinski definition) is 1. The third-order valence-corrected chi connectivity index (χ3v) is 1.79. The zero-order valence-corrected chi connectivity index (χ0v) is 10.1. The average molecular weight is 207 g/mol. The van der Waals surface area contributed by atoms with Crippen molar-refractivity contribution in [2.24, 2.45) is 5.92 Å². The molecule has 0 aliphatic heterocycles. The van der Waals surface area contributed by atoms with Crippen LogP contribution in [0.15, 0.2) is 36.1 Å². The summed E-state index contributed by atoms with van der Waals surface area (Å²) < 4.78 is 0. The van der Waals surface area contributed by atoms with Crippen molar-refractivity contribution in [2.75, 3.05) is 0 Å². The molecule has 15 heavy (non-hydrogen) atoms. The van der Waals surface area contributed by atoms with E-state index in [4.69, 9.17) is 0 Å². The van der Waals surface area contributed by atoms with Crippen LogP contribution in [0.2, 0.25) is 0 Å². The lowest BCUT2D eigenvalue weighted by Gasteiger charge is -2.06. The van der Waals surface area contributed by atoms with Crippen molar-refractivity contribution in [1.29, 1.82) is 0 Å². The Bertz CT molecular complexity index is 285. The maximum absolute atomic E-state index is 11.3. The van der Waals surface area contributed by atoms with E-state index in [2.05, 4.69) is 11.9 Å². The highest BCUT2D eigenvalue weighted by molar-refractivity contribution is 5.79. The summed E-state index contributed by atoms with van der Waals surface area (Å²) in [7, 11) is 0. The topological polar surface area (TPSA) is 29.1 Å². The molecule has 0 spiro atoms. The summed E-state index contributed by atoms with van der Waals surface area (Å²) in [4.78, 5) is 11.3. The van der Waals surface area contributed by atoms with E-state index in [9.17, 15) is 4.79 Å². The van der Waals surface area contributed by atoms with Crippen LogP contribution < -0.4 is 5.32 Å². The van der Waals surface area contributed by atoms with Crippen molar-refractivity contribution >= 4 is 5.91 Å². The standard InChI is InChI=1S/C13H21NO/c1-10(2)8-6-7-9-12(5)14-13(15)11(3)4/h6-7,9,11H,1,8H2,2-5H3,(H,14,15)/b7-6?,12-9+. The second-order valence-corrected chi connectivity index (χ2v) is 4.08. The Kier molecular flexibility index (Phi) is 6.43. The fourth-order valence-corrected chi connectivity index (χ4v) is 0.862. The van der Waals surface area contributed by atoms with Crippen LogP contribution >= 0.6 is 0 Å². The van der Waals surface area contributed by atoms with Crippen LogP contribution in [0.25, 0.3) is 0 Å². The van der Waals surface area contributed by atoms with Gasteiger partial charge in [-0.2, -0.15) is 0 Å². The maximum Gasteiger partial charge on any atom is 0.226 e. The molecule has 0 saturated carbocycles. The van der Waals surface area contributed by atoms with Gasteiger partial charge < -0.3 is 5.32 Å². The molecule has 0 aromatic rings. The van der Waals surface area contributed by atoms with Gasteiger partial charge in [-0.15, -0.1) is 0 Å². The molecule has 0 radical (unpaired) electrons. The van der Waals surface area contributed by atoms with Crippen molar-refractivity contribution in [1.82, 2.24) is 5.32 Å². The molecule has 1 amide bonds. The monoisotopic (exact) mass is 207 g/mol. The van der Waals surface area contributed by atoms with Crippen LogP contribution in [0.5, 0.6) is 0 Å². The van der Waals surface area contributed by atoms with Crippen LogP contribution in [-0.2, 0) is 4.79 Å². The van der Waals surface area contributed by atoms with Gasteiger partial charge in [-0.05, 0) is 26.3 Å². The first-order chi connectivity index (χ1) is 6.93. The third kappa shape index (κ3) is 7.74. The first-order valence-corrected chi connectivity index (χ1v) is 5.22. The first-order valence-electron chi connectivity index (χ1n) is 5.22. The highest BCUT2D eigenvalue weighted by Crippen LogP contribution is 1.98. The number of allylic oxidation sites excluding steroid dienone is 5. The van der Waals surface area contributed by atoms with Crippen molar-refractivity contribution < 1.29 is 4.79 Å². The van der Waals surface area contributed by atoms with Gasteiger partial charge in [-0.1, -0.05) is 38.2 Å². The summed E-state index contributed by atoms with van der Waals surface area (Å²) in [6, 6.07) is 0. The Morgan fingerprint density at radius 1 is 1.40 bits per heavy atom. The lowest BCUT2D eigenvalue weighted by Crippen LogP contribution is -2.25. The number of nitrogens with one attached hydrogen (secondary N) is 1. The summed E-state index contributed by atoms with van der Waals surface area (Å²) in [5.74, 6) is 0.0739. The minimum absolute atomic E-state index is 0.0211. The van der Waals surface area contributed by atoms with Gasteiger partial charge in [-0.25, -0.2) is 0 Å². The van der Waals surface area contributed by atoms with Gasteiger partial charge in [0, 0.05) is 11.6 Å². The first kappa shape index (κ1) is 13.7. The molecule has 0 saturated heterocycles. The van der Waals surface area contributed by atoms with Crippen LogP contribution in [-0.4, -0.2) is 5.91 Å². The smallest absolute Gasteiger partial charge is 0.226 e. The number of amides is 1. The van der Waals surface area contributed by atoms with Crippen LogP contribution in [0.4, 0.5) is 0 Å². The molecule has 0 fully saturated rings. The van der Waals surface area contributed by atoms with E-state index in [0.717, 1.165) is 17.7 Å². The van der Waals surface area contributed by atoms with Gasteiger partial charge in [-0.3, -0.25) is 4.79 Å². The number of hydrogen-bond donors (Lipinski definition) is 1. The second-order valence-electron chi connectivity index (χ2n) is 4.08. The van der Waals surface area contributed by atoms with Crippen molar-refractivity contribution in [3.63, 3.8) is 0 Å². The zero-order valence-electron chi connectivity index (χ0n) is 10.1. The van der Waals surface area contributed by atoms with E-state index in [1.807, 2.05) is 45.9 Å². The van der Waals surface area contributed by atoms with E-state index < -0.39 is 0 Å². The normalized spacial score (nSPS) is 12.2. The average Bonchev–Trinajstić information content (AvgIpc) is 2.12. The Hall–Kier alpha value is -1.31. The van der Waals surface area contributed by atoms with Gasteiger partial charge >= 0.3 is 0 Å². The molecule has 0 aromatic carbocycles. The highest BCUT2D eigenvalue weighted by Gasteiger charge is 2.05. The fraction of sp³-hybridized carbons (Fsp3) is 0.462. The largest absolute Gasteiger partial charge is 0.330 e. The molecule has 2 nitrogen and oxygen atoms in total. The predicted octanol–water partition coefficient (Wildman–Crippen LogP) is 3.18. The third-order valence-electron chi connectivity index (χ3n) is 1.79. The fourth-order valence-electron chi connectivity index (χ4n) is 0.862. The molecular weight excluding hydrogens is 186 g/mol. The van der Waals surface area contributed by atoms with Crippen molar-refractivity contribution in [3.8, 4) is 0 Å². The van der Waals surface area contributed by atoms with E-state index >= 15 is 0 Å². The van der Waals surface area contributed by atoms with Gasteiger partial charge in [0.15, 0.2) is 0 Å². The Balaban J connectivity index is 4.04. The van der Waals surface area contributed by atoms with E-state index in [1.165, 1.54) is 0 Å². The van der Waals surface area contributed by atoms with Gasteiger partial charge in [0.05, 0.1) is 0 Å². The summed E-state index contributed by atoms with van der Waals surface area (Å²) in [5, 5.41) is 2.82. The lowest BCUT2D eigenvalue weighted by molar-refractivity contribution is -0.123. The highest BCUT2D eigenvalue weighted by atomic mass is 16.1. The molecule has 84 valence electrons. The lowest BCUT2D eigenvalue weighted by atomic mass is 10.2. The Morgan fingerprint density at radius 3 is 2.47 bits per heavy atom. The van der Waals surface area contributed by atoms with Crippen molar-refractivity contribution in [3.05, 3.63) is 36.1 Å². The SMILES string of the molecule is C=C(C)CC=C/C=C(\C)NC(=O)C(C)C. The van der Waals surface area contributed by atoms with E-state index in [0.29, 0.717) is 0 Å². The molecule has 2 heteroatoms. The van der Waals surface area contributed by atoms with Crippen molar-refractivity contribution in [2.45, 2.75) is 34.1 Å². The zero-order chi connectivity index (χ0) is 11.8. The molecule has 0 aliphatic carbocycles. The maximum atomic E-state index is 11.3. The molecule has 0 heterocycles. The Morgan fingerprint density at radius 2 is 2.00 bits per heavy atom. The molecule has 0 aromatic heterocycles. The molecule has 0 unspecified atom stereocenters. The number of carbonyl (C=O) groups is 1. The number of rotatable bonds is 5. The Labute approximate surface area is 92.8 Å². The van der Waals surface area contributed by atoms with Gasteiger partial charge in [0.1, 0.15) is 0 Å². The molecule has 0 bridgehead atoms. The molecule has 0 rings (SSSR count). The van der Waals surface area contributed by atoms with Crippen LogP contribution in [0.3, 0.4) is 0 Å². The minimum Gasteiger partial charge on any atom is -0.330 e. The van der Waals surface area contributed by atoms with Gasteiger partial charge in [0.25, 0.3) is 0 Å². The second kappa shape index (κ2) is 7.04. The molecule has 0 atom stereocenters. The summed E-state index contributed by atoms with van der Waals surface area (Å²) >= 11 is 0. The quantitative estimate of drug-likeness (QED) is 0.544. The summed E-state index contributed by atoms with van der Waals surface area (Å²) in [6.07, 6.45) is 6.73. The number of carbonyl (C=O) groups excluding carboxylic acids is 1. The van der Waals surface area contributed by atoms with E-state index in [-0.39, 0.29) is 11.8 Å². The molecule has 1 N–H and O–H groups in total. The van der Waals surface area contributed by atoms with Crippen LogP contribution in [0, 0.1) is 5.92 Å². The molecule has 0 aliphatic rings. The van der Waals surface area contributed by atoms with E-state index in [1.54, 1.807) is 0 Å².